The molecule has 1 aromatic heterocycles. The quantitative estimate of drug-likeness (QED) is 0.547. The highest BCUT2D eigenvalue weighted by atomic mass is 32.2. The first kappa shape index (κ1) is 26.3. The van der Waals surface area contributed by atoms with Crippen molar-refractivity contribution >= 4 is 15.7 Å². The summed E-state index contributed by atoms with van der Waals surface area (Å²) in [6.07, 6.45) is -2.47. The third-order valence-electron chi connectivity index (χ3n) is 5.00. The lowest BCUT2D eigenvalue weighted by atomic mass is 9.98. The average molecular weight is 483 g/mol. The number of rotatable bonds is 9. The fourth-order valence-corrected chi connectivity index (χ4v) is 4.11. The number of hydrogen-bond donors (Lipinski definition) is 1. The standard InChI is InChI=1S/C22H25F3N4O3S/c1-14(2)12-19(21(27)30)29(11-10-26)20(22(23,24)25)18-9-6-16(13-28-18)15-4-7-17(8-5-15)33(3,31)32/h4-9,13-14,19-20H,11-12H2,1-3H3,(H2,27,30)/t19-,20-/m0/s1. The van der Waals surface area contributed by atoms with Gasteiger partial charge < -0.3 is 5.73 Å². The Hall–Kier alpha value is -2.97. The minimum Gasteiger partial charge on any atom is -0.368 e. The van der Waals surface area contributed by atoms with E-state index >= 15 is 0 Å². The maximum atomic E-state index is 14.1. The summed E-state index contributed by atoms with van der Waals surface area (Å²) < 4.78 is 65.6. The SMILES string of the molecule is CC(C)C[C@@H](C(N)=O)N(CC#N)[C@@H](c1ccc(-c2ccc(S(C)(=O)=O)cc2)cn1)C(F)(F)F. The number of carbonyl (C=O) groups excluding carboxylic acids is 1. The van der Waals surface area contributed by atoms with Crippen LogP contribution in [-0.2, 0) is 14.6 Å². The number of nitrogens with two attached hydrogens (primary N) is 1. The molecule has 2 aromatic rings. The van der Waals surface area contributed by atoms with E-state index in [1.165, 1.54) is 42.6 Å². The number of carbonyl (C=O) groups is 1. The minimum atomic E-state index is -4.83. The van der Waals surface area contributed by atoms with Crippen molar-refractivity contribution in [2.75, 3.05) is 12.8 Å². The van der Waals surface area contributed by atoms with Crippen molar-refractivity contribution in [3.63, 3.8) is 0 Å². The molecule has 0 saturated heterocycles. The van der Waals surface area contributed by atoms with Crippen molar-refractivity contribution in [3.8, 4) is 17.2 Å². The van der Waals surface area contributed by atoms with E-state index in [1.54, 1.807) is 19.9 Å². The molecule has 7 nitrogen and oxygen atoms in total. The van der Waals surface area contributed by atoms with E-state index in [1.807, 2.05) is 0 Å². The molecule has 2 N–H and O–H groups in total. The molecule has 0 fully saturated rings. The number of sulfone groups is 1. The molecule has 1 heterocycles. The van der Waals surface area contributed by atoms with Gasteiger partial charge in [-0.25, -0.2) is 8.42 Å². The number of nitrogens with zero attached hydrogens (tertiary/aromatic N) is 3. The van der Waals surface area contributed by atoms with Crippen LogP contribution in [0, 0.1) is 17.2 Å². The summed E-state index contributed by atoms with van der Waals surface area (Å²) in [7, 11) is -3.39. The van der Waals surface area contributed by atoms with Gasteiger partial charge in [0.1, 0.15) is 0 Å². The molecule has 33 heavy (non-hydrogen) atoms. The third-order valence-corrected chi connectivity index (χ3v) is 6.13. The summed E-state index contributed by atoms with van der Waals surface area (Å²) in [5, 5.41) is 9.16. The van der Waals surface area contributed by atoms with Gasteiger partial charge in [-0.2, -0.15) is 18.4 Å². The van der Waals surface area contributed by atoms with Crippen molar-refractivity contribution in [1.29, 1.82) is 5.26 Å². The lowest BCUT2D eigenvalue weighted by Gasteiger charge is -2.36. The van der Waals surface area contributed by atoms with E-state index in [2.05, 4.69) is 4.98 Å². The molecular formula is C22H25F3N4O3S. The van der Waals surface area contributed by atoms with Crippen LogP contribution in [0.25, 0.3) is 11.1 Å². The molecule has 0 aliphatic heterocycles. The van der Waals surface area contributed by atoms with Gasteiger partial charge in [0.05, 0.1) is 29.2 Å². The molecule has 0 radical (unpaired) electrons. The van der Waals surface area contributed by atoms with E-state index < -0.39 is 40.5 Å². The first-order chi connectivity index (χ1) is 15.3. The predicted molar refractivity (Wildman–Crippen MR) is 116 cm³/mol. The summed E-state index contributed by atoms with van der Waals surface area (Å²) in [4.78, 5) is 16.8. The van der Waals surface area contributed by atoms with Gasteiger partial charge in [-0.15, -0.1) is 0 Å². The minimum absolute atomic E-state index is 0.0500. The number of nitriles is 1. The molecule has 0 saturated carbocycles. The summed E-state index contributed by atoms with van der Waals surface area (Å²) in [5.74, 6) is -1.08. The van der Waals surface area contributed by atoms with Crippen LogP contribution in [0.2, 0.25) is 0 Å². The first-order valence-corrected chi connectivity index (χ1v) is 11.9. The van der Waals surface area contributed by atoms with Gasteiger partial charge in [0, 0.05) is 18.0 Å². The fraction of sp³-hybridized carbons (Fsp3) is 0.409. The molecule has 178 valence electrons. The van der Waals surface area contributed by atoms with Crippen molar-refractivity contribution in [1.82, 2.24) is 9.88 Å². The van der Waals surface area contributed by atoms with Crippen LogP contribution < -0.4 is 5.73 Å². The molecule has 1 amide bonds. The van der Waals surface area contributed by atoms with Crippen molar-refractivity contribution in [2.24, 2.45) is 11.7 Å². The van der Waals surface area contributed by atoms with Crippen LogP contribution in [-0.4, -0.2) is 49.2 Å². The number of benzene rings is 1. The number of primary amides is 1. The molecular weight excluding hydrogens is 457 g/mol. The highest BCUT2D eigenvalue weighted by Crippen LogP contribution is 2.39. The highest BCUT2D eigenvalue weighted by Gasteiger charge is 2.48. The second kappa shape index (κ2) is 10.3. The van der Waals surface area contributed by atoms with Crippen LogP contribution in [0.15, 0.2) is 47.5 Å². The normalized spacial score (nSPS) is 14.2. The summed E-state index contributed by atoms with van der Waals surface area (Å²) in [6, 6.07) is 6.53. The maximum Gasteiger partial charge on any atom is 0.409 e. The number of hydrogen-bond acceptors (Lipinski definition) is 6. The molecule has 2 atom stereocenters. The Morgan fingerprint density at radius 1 is 1.15 bits per heavy atom. The fourth-order valence-electron chi connectivity index (χ4n) is 3.48. The van der Waals surface area contributed by atoms with Gasteiger partial charge in [-0.05, 0) is 36.1 Å². The molecule has 11 heteroatoms. The average Bonchev–Trinajstić information content (AvgIpc) is 2.70. The molecule has 2 rings (SSSR count). The maximum absolute atomic E-state index is 14.1. The van der Waals surface area contributed by atoms with Crippen molar-refractivity contribution in [3.05, 3.63) is 48.3 Å². The monoisotopic (exact) mass is 482 g/mol. The molecule has 0 aliphatic rings. The summed E-state index contributed by atoms with van der Waals surface area (Å²) in [6.45, 7) is 2.82. The Balaban J connectivity index is 2.47. The van der Waals surface area contributed by atoms with Crippen LogP contribution in [0.5, 0.6) is 0 Å². The van der Waals surface area contributed by atoms with E-state index in [4.69, 9.17) is 11.0 Å². The van der Waals surface area contributed by atoms with Gasteiger partial charge in [-0.1, -0.05) is 32.0 Å². The van der Waals surface area contributed by atoms with Gasteiger partial charge >= 0.3 is 6.18 Å². The Bertz CT molecular complexity index is 1110. The zero-order valence-corrected chi connectivity index (χ0v) is 19.2. The molecule has 0 aliphatic carbocycles. The van der Waals surface area contributed by atoms with Crippen LogP contribution in [0.4, 0.5) is 13.2 Å². The molecule has 1 aromatic carbocycles. The zero-order valence-electron chi connectivity index (χ0n) is 18.4. The lowest BCUT2D eigenvalue weighted by Crippen LogP contribution is -2.51. The number of amides is 1. The van der Waals surface area contributed by atoms with Gasteiger partial charge in [0.25, 0.3) is 0 Å². The van der Waals surface area contributed by atoms with E-state index in [0.717, 1.165) is 11.2 Å². The van der Waals surface area contributed by atoms with Gasteiger partial charge in [-0.3, -0.25) is 14.7 Å². The topological polar surface area (TPSA) is 117 Å². The van der Waals surface area contributed by atoms with Crippen LogP contribution >= 0.6 is 0 Å². The highest BCUT2D eigenvalue weighted by molar-refractivity contribution is 7.90. The van der Waals surface area contributed by atoms with Crippen LogP contribution in [0.1, 0.15) is 32.0 Å². The number of pyridine rings is 1. The van der Waals surface area contributed by atoms with E-state index in [0.29, 0.717) is 11.1 Å². The number of alkyl halides is 3. The Kier molecular flexibility index (Phi) is 8.21. The number of aromatic nitrogens is 1. The van der Waals surface area contributed by atoms with E-state index in [-0.39, 0.29) is 22.9 Å². The number of halogens is 3. The Morgan fingerprint density at radius 2 is 1.73 bits per heavy atom. The molecule has 0 unspecified atom stereocenters. The molecule has 0 spiro atoms. The second-order valence-electron chi connectivity index (χ2n) is 8.09. The third kappa shape index (κ3) is 6.76. The van der Waals surface area contributed by atoms with Crippen molar-refractivity contribution < 1.29 is 26.4 Å². The zero-order chi connectivity index (χ0) is 25.0. The Labute approximate surface area is 190 Å². The summed E-state index contributed by atoms with van der Waals surface area (Å²) in [5.41, 5.74) is 6.05. The van der Waals surface area contributed by atoms with Crippen molar-refractivity contribution in [2.45, 2.75) is 43.4 Å². The van der Waals surface area contributed by atoms with Gasteiger partial charge in [0.2, 0.25) is 5.91 Å². The smallest absolute Gasteiger partial charge is 0.368 e. The Morgan fingerprint density at radius 3 is 2.12 bits per heavy atom. The first-order valence-electron chi connectivity index (χ1n) is 10.0. The predicted octanol–water partition coefficient (Wildman–Crippen LogP) is 3.48. The second-order valence-corrected chi connectivity index (χ2v) is 10.1. The van der Waals surface area contributed by atoms with Crippen LogP contribution in [0.3, 0.4) is 0 Å². The van der Waals surface area contributed by atoms with Gasteiger partial charge in [0.15, 0.2) is 15.9 Å². The lowest BCUT2D eigenvalue weighted by molar-refractivity contribution is -0.193. The largest absolute Gasteiger partial charge is 0.409 e. The molecule has 0 bridgehead atoms. The summed E-state index contributed by atoms with van der Waals surface area (Å²) >= 11 is 0. The van der Waals surface area contributed by atoms with E-state index in [9.17, 15) is 26.4 Å².